The number of nitrogens with zero attached hydrogens (tertiary/aromatic N) is 5. The summed E-state index contributed by atoms with van der Waals surface area (Å²) >= 11 is 22.0. The largest absolute Gasteiger partial charge is 0.497 e. The molecule has 6 aromatic carbocycles. The number of anilines is 4. The Labute approximate surface area is 502 Å². The summed E-state index contributed by atoms with van der Waals surface area (Å²) < 4.78 is 5.46. The van der Waals surface area contributed by atoms with Crippen molar-refractivity contribution in [3.05, 3.63) is 138 Å². The van der Waals surface area contributed by atoms with Gasteiger partial charge in [-0.05, 0) is 169 Å². The summed E-state index contributed by atoms with van der Waals surface area (Å²) in [6.45, 7) is 17.6. The van der Waals surface area contributed by atoms with E-state index in [0.29, 0.717) is 16.9 Å². The van der Waals surface area contributed by atoms with Gasteiger partial charge in [-0.1, -0.05) is 124 Å². The van der Waals surface area contributed by atoms with Crippen molar-refractivity contribution >= 4 is 125 Å². The van der Waals surface area contributed by atoms with Gasteiger partial charge < -0.3 is 30.1 Å². The molecule has 13 heteroatoms. The average Bonchev–Trinajstić information content (AvgIpc) is 3.53. The molecule has 80 heavy (non-hydrogen) atoms. The zero-order valence-electron chi connectivity index (χ0n) is 48.1. The van der Waals surface area contributed by atoms with E-state index in [-0.39, 0.29) is 0 Å². The maximum atomic E-state index is 6.23. The maximum Gasteiger partial charge on any atom is 0.119 e. The molecular formula is C67H86Cl3N7OS2. The Kier molecular flexibility index (Phi) is 27.3. The molecule has 3 heterocycles. The van der Waals surface area contributed by atoms with Crippen molar-refractivity contribution in [1.29, 1.82) is 0 Å². The first kappa shape index (κ1) is 62.9. The van der Waals surface area contributed by atoms with Crippen LogP contribution in [-0.4, -0.2) is 109 Å². The van der Waals surface area contributed by atoms with Crippen molar-refractivity contribution in [1.82, 2.24) is 19.8 Å². The Morgan fingerprint density at radius 2 is 1.14 bits per heavy atom. The number of alkyl halides is 2. The third-order valence-electron chi connectivity index (χ3n) is 14.4. The van der Waals surface area contributed by atoms with Crippen molar-refractivity contribution in [2.75, 3.05) is 98.3 Å². The van der Waals surface area contributed by atoms with Gasteiger partial charge in [0.25, 0.3) is 0 Å². The van der Waals surface area contributed by atoms with Crippen LogP contribution in [0.15, 0.2) is 143 Å². The summed E-state index contributed by atoms with van der Waals surface area (Å²) in [5, 5.41) is 12.7. The fourth-order valence-corrected chi connectivity index (χ4v) is 13.1. The molecule has 0 bridgehead atoms. The summed E-state index contributed by atoms with van der Waals surface area (Å²) in [6.07, 6.45) is 13.5. The van der Waals surface area contributed by atoms with Gasteiger partial charge in [-0.3, -0.25) is 0 Å². The smallest absolute Gasteiger partial charge is 0.119 e. The highest BCUT2D eigenvalue weighted by molar-refractivity contribution is 7.99. The number of rotatable bonds is 30. The number of para-hydroxylation sites is 4. The second-order valence-corrected chi connectivity index (χ2v) is 24.2. The molecule has 8 nitrogen and oxygen atoms in total. The van der Waals surface area contributed by atoms with Gasteiger partial charge in [0.05, 0.1) is 51.9 Å². The second-order valence-electron chi connectivity index (χ2n) is 20.7. The molecule has 0 amide bonds. The van der Waals surface area contributed by atoms with E-state index in [9.17, 15) is 0 Å². The third-order valence-corrected chi connectivity index (χ3v) is 17.4. The predicted octanol–water partition coefficient (Wildman–Crippen LogP) is 19.1. The van der Waals surface area contributed by atoms with E-state index in [2.05, 4.69) is 156 Å². The molecule has 0 fully saturated rings. The topological polar surface area (TPSA) is 68.8 Å². The molecule has 0 aliphatic carbocycles. The monoisotopic (exact) mass is 1170 g/mol. The number of hydrogen-bond acceptors (Lipinski definition) is 10. The van der Waals surface area contributed by atoms with Gasteiger partial charge in [0, 0.05) is 80.3 Å². The molecule has 428 valence electrons. The Balaban J connectivity index is 0.000000175. The number of hydrogen-bond donors (Lipinski definition) is 2. The summed E-state index contributed by atoms with van der Waals surface area (Å²) in [6, 6.07) is 46.6. The van der Waals surface area contributed by atoms with Gasteiger partial charge in [-0.2, -0.15) is 11.8 Å². The Morgan fingerprint density at radius 1 is 0.562 bits per heavy atom. The average molecular weight is 1180 g/mol. The first-order valence-electron chi connectivity index (χ1n) is 29.4. The number of methoxy groups -OCH3 is 1. The van der Waals surface area contributed by atoms with Crippen LogP contribution in [0.25, 0.3) is 43.6 Å². The van der Waals surface area contributed by atoms with Crippen molar-refractivity contribution in [3.8, 4) is 5.75 Å². The maximum absolute atomic E-state index is 6.23. The molecule has 1 aliphatic heterocycles. The second kappa shape index (κ2) is 34.7. The molecule has 9 rings (SSSR count). The van der Waals surface area contributed by atoms with E-state index in [1.807, 2.05) is 53.9 Å². The van der Waals surface area contributed by atoms with Crippen LogP contribution in [0, 0.1) is 0 Å². The van der Waals surface area contributed by atoms with Crippen molar-refractivity contribution in [2.24, 2.45) is 0 Å². The lowest BCUT2D eigenvalue weighted by Crippen LogP contribution is -2.29. The minimum Gasteiger partial charge on any atom is -0.497 e. The number of nitrogens with one attached hydrogen (secondary N) is 2. The Hall–Kier alpha value is -4.65. The van der Waals surface area contributed by atoms with Gasteiger partial charge in [0.1, 0.15) is 5.75 Å². The van der Waals surface area contributed by atoms with Crippen LogP contribution in [-0.2, 0) is 0 Å². The quantitative estimate of drug-likeness (QED) is 0.0259. The number of benzene rings is 6. The minimum atomic E-state index is 0.320. The van der Waals surface area contributed by atoms with Gasteiger partial charge >= 0.3 is 0 Å². The van der Waals surface area contributed by atoms with Crippen molar-refractivity contribution in [2.45, 2.75) is 114 Å². The number of ether oxygens (including phenoxy) is 1. The van der Waals surface area contributed by atoms with Gasteiger partial charge in [0.15, 0.2) is 0 Å². The zero-order chi connectivity index (χ0) is 56.3. The van der Waals surface area contributed by atoms with Gasteiger partial charge in [0.2, 0.25) is 0 Å². The molecule has 2 N–H and O–H groups in total. The molecule has 0 radical (unpaired) electrons. The third kappa shape index (κ3) is 18.7. The number of halogens is 3. The highest BCUT2D eigenvalue weighted by atomic mass is 35.5. The van der Waals surface area contributed by atoms with Crippen LogP contribution in [0.2, 0.25) is 5.02 Å². The van der Waals surface area contributed by atoms with Crippen LogP contribution in [0.3, 0.4) is 0 Å². The molecule has 0 saturated heterocycles. The molecular weight excluding hydrogens is 1090 g/mol. The number of pyridine rings is 2. The highest BCUT2D eigenvalue weighted by Crippen LogP contribution is 2.48. The minimum absolute atomic E-state index is 0.320. The number of unbranched alkanes of at least 4 members (excludes halogenated alkanes) is 4. The van der Waals surface area contributed by atoms with E-state index in [0.717, 1.165) is 109 Å². The highest BCUT2D eigenvalue weighted by Gasteiger charge is 2.22. The van der Waals surface area contributed by atoms with Crippen LogP contribution in [0.4, 0.5) is 22.7 Å². The fourth-order valence-electron chi connectivity index (χ4n) is 10.5. The number of thioether (sulfide) groups is 1. The van der Waals surface area contributed by atoms with Crippen molar-refractivity contribution < 1.29 is 4.74 Å². The lowest BCUT2D eigenvalue weighted by Gasteiger charge is -2.32. The van der Waals surface area contributed by atoms with Crippen LogP contribution in [0.1, 0.15) is 98.3 Å². The molecule has 2 aromatic heterocycles. The normalized spacial score (nSPS) is 12.3. The molecule has 0 saturated carbocycles. The Morgan fingerprint density at radius 3 is 1.77 bits per heavy atom. The van der Waals surface area contributed by atoms with E-state index in [4.69, 9.17) is 49.5 Å². The van der Waals surface area contributed by atoms with E-state index >= 15 is 0 Å². The molecule has 0 spiro atoms. The van der Waals surface area contributed by atoms with E-state index in [1.165, 1.54) is 114 Å². The first-order valence-corrected chi connectivity index (χ1v) is 32.8. The van der Waals surface area contributed by atoms with Crippen LogP contribution >= 0.6 is 58.3 Å². The molecule has 1 aliphatic rings. The van der Waals surface area contributed by atoms with Crippen molar-refractivity contribution in [3.63, 3.8) is 0 Å². The van der Waals surface area contributed by atoms with Gasteiger partial charge in [-0.15, -0.1) is 23.2 Å². The summed E-state index contributed by atoms with van der Waals surface area (Å²) in [5.74, 6) is 4.75. The summed E-state index contributed by atoms with van der Waals surface area (Å²) in [5.41, 5.74) is 8.98. The predicted molar refractivity (Wildman–Crippen MR) is 355 cm³/mol. The molecule has 8 aromatic rings. The summed E-state index contributed by atoms with van der Waals surface area (Å²) in [7, 11) is 1.69. The van der Waals surface area contributed by atoms with E-state index in [1.54, 1.807) is 7.11 Å². The number of fused-ring (bicyclic) bond motifs is 6. The number of aromatic nitrogens is 2. The zero-order valence-corrected chi connectivity index (χ0v) is 52.0. The lowest BCUT2D eigenvalue weighted by molar-refractivity contribution is 0.282. The van der Waals surface area contributed by atoms with E-state index < -0.39 is 0 Å². The SMILES string of the molecule is CCCN(CCCl)CCCC(C)Nc1c2ccc(Cl)cc2nc2ccc(OC)cc12.CCCN(CCCl)CCCCCCCN1c2ccccc2Sc2ccccc21.CCCSCCCNc1c2ccccc2nc2ccccc12. The molecule has 1 atom stereocenters. The molecule has 1 unspecified atom stereocenters. The van der Waals surface area contributed by atoms with Gasteiger partial charge in [-0.25, -0.2) is 9.97 Å². The fraction of sp³-hybridized carbons (Fsp3) is 0.433. The first-order chi connectivity index (χ1) is 39.3. The lowest BCUT2D eigenvalue weighted by atomic mass is 10.1. The van der Waals surface area contributed by atoms with Crippen LogP contribution in [0.5, 0.6) is 5.75 Å². The summed E-state index contributed by atoms with van der Waals surface area (Å²) in [4.78, 5) is 19.8. The standard InChI is InChI=1S/C24H31Cl2N3O.C24H33ClN2S.C19H22N2S/c1-4-12-29(14-11-25)13-5-6-17(2)27-24-20-9-7-18(26)15-23(20)28-22-10-8-19(30-3)16-21(22)24;1-2-17-26(20-16-25)18-10-4-3-5-11-19-27-21-12-6-8-14-23(21)28-24-15-9-7-13-22(24)27;1-2-13-22-14-7-12-20-19-15-8-3-5-10-17(15)21-18-11-6-4-9-16(18)19/h7-10,15-17H,4-6,11-14H2,1-3H3,(H,27,28);6-9,12-15H,2-5,10-11,16-20H2,1H3;3-6,8-11H,2,7,12-14H2,1H3,(H,20,21). The van der Waals surface area contributed by atoms with Crippen LogP contribution < -0.4 is 20.3 Å². The Bertz CT molecular complexity index is 3000.